The largest absolute Gasteiger partial charge is 0.384 e. The quantitative estimate of drug-likeness (QED) is 0.597. The maximum atomic E-state index is 5.40. The van der Waals surface area contributed by atoms with Crippen molar-refractivity contribution in [3.05, 3.63) is 0 Å². The van der Waals surface area contributed by atoms with E-state index in [0.29, 0.717) is 12.5 Å². The second-order valence-electron chi connectivity index (χ2n) is 3.46. The summed E-state index contributed by atoms with van der Waals surface area (Å²) in [6.45, 7) is 2.82. The van der Waals surface area contributed by atoms with Gasteiger partial charge in [-0.2, -0.15) is 0 Å². The van der Waals surface area contributed by atoms with Gasteiger partial charge in [-0.25, -0.2) is 0 Å². The zero-order valence-electron chi connectivity index (χ0n) is 9.87. The van der Waals surface area contributed by atoms with E-state index in [-0.39, 0.29) is 12.3 Å². The van der Waals surface area contributed by atoms with E-state index in [2.05, 4.69) is 12.2 Å². The van der Waals surface area contributed by atoms with Gasteiger partial charge in [-0.1, -0.05) is 6.92 Å². The van der Waals surface area contributed by atoms with E-state index in [1.165, 1.54) is 0 Å². The highest BCUT2D eigenvalue weighted by atomic mass is 16.5. The molecule has 0 amide bonds. The van der Waals surface area contributed by atoms with Crippen LogP contribution in [-0.2, 0) is 14.2 Å². The maximum absolute atomic E-state index is 5.40. The van der Waals surface area contributed by atoms with Crippen LogP contribution in [0, 0.1) is 5.92 Å². The fourth-order valence-electron chi connectivity index (χ4n) is 1.47. The number of hydrogen-bond acceptors (Lipinski definition) is 4. The lowest BCUT2D eigenvalue weighted by Crippen LogP contribution is -2.35. The predicted octanol–water partition coefficient (Wildman–Crippen LogP) is 0.866. The summed E-state index contributed by atoms with van der Waals surface area (Å²) >= 11 is 0. The molecule has 4 nitrogen and oxygen atoms in total. The molecule has 0 aliphatic rings. The van der Waals surface area contributed by atoms with Crippen LogP contribution in [-0.4, -0.2) is 47.3 Å². The first-order valence-corrected chi connectivity index (χ1v) is 4.91. The molecule has 1 N–H and O–H groups in total. The summed E-state index contributed by atoms with van der Waals surface area (Å²) in [5, 5.41) is 3.07. The normalized spacial score (nSPS) is 17.8. The van der Waals surface area contributed by atoms with Crippen LogP contribution in [0.25, 0.3) is 0 Å². The maximum Gasteiger partial charge on any atom is 0.109 e. The topological polar surface area (TPSA) is 39.7 Å². The molecule has 0 fully saturated rings. The molecule has 0 aromatic heterocycles. The lowest BCUT2D eigenvalue weighted by molar-refractivity contribution is -0.0277. The van der Waals surface area contributed by atoms with Gasteiger partial charge in [-0.15, -0.1) is 0 Å². The highest BCUT2D eigenvalue weighted by Crippen LogP contribution is 2.13. The van der Waals surface area contributed by atoms with Gasteiger partial charge in [-0.05, 0) is 7.05 Å². The third-order valence-corrected chi connectivity index (χ3v) is 2.42. The zero-order valence-corrected chi connectivity index (χ0v) is 9.87. The smallest absolute Gasteiger partial charge is 0.109 e. The molecule has 3 atom stereocenters. The van der Waals surface area contributed by atoms with Gasteiger partial charge in [0.15, 0.2) is 0 Å². The molecule has 0 aliphatic carbocycles. The molecule has 1 unspecified atom stereocenters. The zero-order chi connectivity index (χ0) is 11.0. The van der Waals surface area contributed by atoms with Crippen molar-refractivity contribution in [2.45, 2.75) is 25.7 Å². The molecule has 0 aromatic carbocycles. The van der Waals surface area contributed by atoms with Crippen molar-refractivity contribution in [2.24, 2.45) is 5.92 Å². The van der Waals surface area contributed by atoms with Crippen LogP contribution < -0.4 is 5.32 Å². The second kappa shape index (κ2) is 8.17. The Balaban J connectivity index is 3.98. The van der Waals surface area contributed by atoms with Crippen molar-refractivity contribution in [3.8, 4) is 0 Å². The summed E-state index contributed by atoms with van der Waals surface area (Å²) in [7, 11) is 6.99. The van der Waals surface area contributed by atoms with E-state index in [4.69, 9.17) is 14.2 Å². The molecule has 0 heterocycles. The minimum absolute atomic E-state index is 0.0410. The molecule has 4 heteroatoms. The van der Waals surface area contributed by atoms with E-state index >= 15 is 0 Å². The summed E-state index contributed by atoms with van der Waals surface area (Å²) in [5.74, 6) is 0.371. The van der Waals surface area contributed by atoms with Crippen LogP contribution in [0.5, 0.6) is 0 Å². The molecule has 0 saturated carbocycles. The Kier molecular flexibility index (Phi) is 8.08. The molecule has 0 rings (SSSR count). The molecule has 0 aromatic rings. The number of nitrogens with one attached hydrogen (secondary N) is 1. The summed E-state index contributed by atoms with van der Waals surface area (Å²) in [4.78, 5) is 0. The van der Waals surface area contributed by atoms with E-state index in [1.54, 1.807) is 21.3 Å². The summed E-state index contributed by atoms with van der Waals surface area (Å²) in [5.41, 5.74) is 0. The van der Waals surface area contributed by atoms with Crippen LogP contribution >= 0.6 is 0 Å². The molecule has 0 spiro atoms. The monoisotopic (exact) mass is 205 g/mol. The Bertz CT molecular complexity index is 129. The standard InChI is InChI=1S/C10H23NO3/c1-8(7-12-3)9(13-4)6-10(11-2)14-5/h8-11H,6-7H2,1-5H3/t8?,9-,10+/m0/s1. The molecule has 0 radical (unpaired) electrons. The first kappa shape index (κ1) is 13.8. The van der Waals surface area contributed by atoms with Gasteiger partial charge < -0.3 is 14.2 Å². The van der Waals surface area contributed by atoms with E-state index < -0.39 is 0 Å². The first-order chi connectivity index (χ1) is 6.69. The van der Waals surface area contributed by atoms with Crippen molar-refractivity contribution in [1.29, 1.82) is 0 Å². The van der Waals surface area contributed by atoms with E-state index in [0.717, 1.165) is 6.42 Å². The summed E-state index contributed by atoms with van der Waals surface area (Å²) in [6, 6.07) is 0. The first-order valence-electron chi connectivity index (χ1n) is 4.91. The molecular weight excluding hydrogens is 182 g/mol. The van der Waals surface area contributed by atoms with Crippen LogP contribution in [0.2, 0.25) is 0 Å². The molecule has 14 heavy (non-hydrogen) atoms. The Labute approximate surface area is 86.9 Å². The highest BCUT2D eigenvalue weighted by molar-refractivity contribution is 4.69. The van der Waals surface area contributed by atoms with Crippen molar-refractivity contribution in [2.75, 3.05) is 35.0 Å². The minimum Gasteiger partial charge on any atom is -0.384 e. The van der Waals surface area contributed by atoms with E-state index in [1.807, 2.05) is 7.05 Å². The van der Waals surface area contributed by atoms with Crippen molar-refractivity contribution in [1.82, 2.24) is 5.32 Å². The molecule has 86 valence electrons. The number of methoxy groups -OCH3 is 3. The second-order valence-corrected chi connectivity index (χ2v) is 3.46. The average Bonchev–Trinajstić information content (AvgIpc) is 2.20. The van der Waals surface area contributed by atoms with Gasteiger partial charge in [0.25, 0.3) is 0 Å². The molecule has 0 saturated heterocycles. The summed E-state index contributed by atoms with van der Waals surface area (Å²) in [6.07, 6.45) is 1.03. The van der Waals surface area contributed by atoms with Crippen LogP contribution in [0.15, 0.2) is 0 Å². The van der Waals surface area contributed by atoms with Gasteiger partial charge in [0.05, 0.1) is 12.7 Å². The van der Waals surface area contributed by atoms with Crippen molar-refractivity contribution in [3.63, 3.8) is 0 Å². The Hall–Kier alpha value is -0.160. The van der Waals surface area contributed by atoms with Gasteiger partial charge >= 0.3 is 0 Å². The lowest BCUT2D eigenvalue weighted by atomic mass is 10.0. The Morgan fingerprint density at radius 3 is 2.14 bits per heavy atom. The highest BCUT2D eigenvalue weighted by Gasteiger charge is 2.20. The predicted molar refractivity (Wildman–Crippen MR) is 56.3 cm³/mol. The Morgan fingerprint density at radius 1 is 1.14 bits per heavy atom. The van der Waals surface area contributed by atoms with Crippen molar-refractivity contribution >= 4 is 0 Å². The minimum atomic E-state index is 0.0410. The number of rotatable bonds is 8. The number of hydrogen-bond donors (Lipinski definition) is 1. The fraction of sp³-hybridized carbons (Fsp3) is 1.00. The van der Waals surface area contributed by atoms with E-state index in [9.17, 15) is 0 Å². The number of ether oxygens (including phenoxy) is 3. The van der Waals surface area contributed by atoms with Crippen LogP contribution in [0.1, 0.15) is 13.3 Å². The molecule has 0 aliphatic heterocycles. The van der Waals surface area contributed by atoms with Crippen LogP contribution in [0.3, 0.4) is 0 Å². The van der Waals surface area contributed by atoms with Gasteiger partial charge in [-0.3, -0.25) is 5.32 Å². The molecular formula is C10H23NO3. The lowest BCUT2D eigenvalue weighted by Gasteiger charge is -2.25. The Morgan fingerprint density at radius 2 is 1.79 bits per heavy atom. The van der Waals surface area contributed by atoms with Gasteiger partial charge in [0.1, 0.15) is 6.23 Å². The fourth-order valence-corrected chi connectivity index (χ4v) is 1.47. The third-order valence-electron chi connectivity index (χ3n) is 2.42. The van der Waals surface area contributed by atoms with Crippen molar-refractivity contribution < 1.29 is 14.2 Å². The van der Waals surface area contributed by atoms with Gasteiger partial charge in [0.2, 0.25) is 0 Å². The molecule has 0 bridgehead atoms. The third kappa shape index (κ3) is 4.91. The average molecular weight is 205 g/mol. The van der Waals surface area contributed by atoms with Gasteiger partial charge in [0, 0.05) is 33.7 Å². The van der Waals surface area contributed by atoms with Crippen LogP contribution in [0.4, 0.5) is 0 Å². The SMILES string of the molecule is CN[C@@H](C[C@H](OC)C(C)COC)OC. The summed E-state index contributed by atoms with van der Waals surface area (Å²) < 4.78 is 15.7.